The molecule has 0 radical (unpaired) electrons. The summed E-state index contributed by atoms with van der Waals surface area (Å²) in [6.45, 7) is 0.897. The number of ether oxygens (including phenoxy) is 2. The second-order valence-corrected chi connectivity index (χ2v) is 7.12. The van der Waals surface area contributed by atoms with Crippen molar-refractivity contribution in [3.63, 3.8) is 0 Å². The summed E-state index contributed by atoms with van der Waals surface area (Å²) in [7, 11) is 0. The molecule has 8 heteroatoms. The molecule has 0 unspecified atom stereocenters. The number of hydrogen-bond donors (Lipinski definition) is 0. The largest absolute Gasteiger partial charge is 0.346 e. The van der Waals surface area contributed by atoms with Gasteiger partial charge in [0.25, 0.3) is 0 Å². The molecule has 3 aromatic rings. The van der Waals surface area contributed by atoms with Gasteiger partial charge in [-0.25, -0.2) is 9.37 Å². The quantitative estimate of drug-likeness (QED) is 0.556. The van der Waals surface area contributed by atoms with Crippen molar-refractivity contribution in [2.75, 3.05) is 13.2 Å². The Morgan fingerprint density at radius 3 is 2.71 bits per heavy atom. The summed E-state index contributed by atoms with van der Waals surface area (Å²) in [6, 6.07) is 8.56. The molecule has 2 aromatic heterocycles. The first-order chi connectivity index (χ1) is 13.7. The van der Waals surface area contributed by atoms with Crippen LogP contribution in [0.3, 0.4) is 0 Å². The summed E-state index contributed by atoms with van der Waals surface area (Å²) in [5, 5.41) is 12.1. The molecule has 0 bridgehead atoms. The van der Waals surface area contributed by atoms with Crippen LogP contribution in [0.25, 0.3) is 22.9 Å². The SMILES string of the molecule is N#CC(=Cc1c(F)ccc(C2OCCO2)c1Cl)c1nc(-c2ccncc2)cs1. The first kappa shape index (κ1) is 18.7. The van der Waals surface area contributed by atoms with E-state index < -0.39 is 12.1 Å². The standard InChI is InChI=1S/C20H13ClFN3O2S/c21-18-14(20-26-7-8-27-20)1-2-16(22)15(18)9-13(10-23)19-25-17(11-28-19)12-3-5-24-6-4-12/h1-6,9,11,20H,7-8H2. The first-order valence-corrected chi connectivity index (χ1v) is 9.62. The normalized spacial score (nSPS) is 15.0. The minimum Gasteiger partial charge on any atom is -0.346 e. The summed E-state index contributed by atoms with van der Waals surface area (Å²) in [4.78, 5) is 8.47. The van der Waals surface area contributed by atoms with E-state index in [2.05, 4.69) is 16.0 Å². The number of nitrogens with zero attached hydrogens (tertiary/aromatic N) is 3. The minimum atomic E-state index is -0.635. The lowest BCUT2D eigenvalue weighted by Crippen LogP contribution is -2.01. The topological polar surface area (TPSA) is 68.0 Å². The molecule has 1 aliphatic rings. The lowest BCUT2D eigenvalue weighted by molar-refractivity contribution is -0.0440. The molecule has 28 heavy (non-hydrogen) atoms. The number of hydrogen-bond acceptors (Lipinski definition) is 6. The van der Waals surface area contributed by atoms with Crippen LogP contribution in [-0.4, -0.2) is 23.2 Å². The molecule has 140 valence electrons. The number of allylic oxidation sites excluding steroid dienone is 1. The summed E-state index contributed by atoms with van der Waals surface area (Å²) in [6.07, 6.45) is 4.11. The molecule has 0 saturated carbocycles. The lowest BCUT2D eigenvalue weighted by Gasteiger charge is -2.13. The van der Waals surface area contributed by atoms with Gasteiger partial charge in [-0.15, -0.1) is 11.3 Å². The highest BCUT2D eigenvalue weighted by molar-refractivity contribution is 7.11. The number of pyridine rings is 1. The van der Waals surface area contributed by atoms with Crippen LogP contribution in [0.15, 0.2) is 42.0 Å². The maximum absolute atomic E-state index is 14.5. The van der Waals surface area contributed by atoms with Crippen LogP contribution in [0.5, 0.6) is 0 Å². The van der Waals surface area contributed by atoms with Crippen molar-refractivity contribution >= 4 is 34.6 Å². The molecule has 0 spiro atoms. The fourth-order valence-electron chi connectivity index (χ4n) is 2.78. The van der Waals surface area contributed by atoms with E-state index in [-0.39, 0.29) is 16.2 Å². The number of rotatable bonds is 4. The highest BCUT2D eigenvalue weighted by atomic mass is 35.5. The van der Waals surface area contributed by atoms with Crippen LogP contribution in [0.4, 0.5) is 4.39 Å². The smallest absolute Gasteiger partial charge is 0.185 e. The van der Waals surface area contributed by atoms with Crippen LogP contribution >= 0.6 is 22.9 Å². The zero-order chi connectivity index (χ0) is 19.5. The summed E-state index contributed by atoms with van der Waals surface area (Å²) < 4.78 is 25.4. The first-order valence-electron chi connectivity index (χ1n) is 8.36. The second kappa shape index (κ2) is 8.17. The van der Waals surface area contributed by atoms with Crippen molar-refractivity contribution < 1.29 is 13.9 Å². The third kappa shape index (κ3) is 3.68. The third-order valence-electron chi connectivity index (χ3n) is 4.15. The Kier molecular flexibility index (Phi) is 5.46. The van der Waals surface area contributed by atoms with Crippen LogP contribution in [0, 0.1) is 17.1 Å². The molecule has 1 saturated heterocycles. The third-order valence-corrected chi connectivity index (χ3v) is 5.45. The maximum atomic E-state index is 14.5. The molecule has 1 aromatic carbocycles. The fourth-order valence-corrected chi connectivity index (χ4v) is 3.87. The number of nitriles is 1. The number of halogens is 2. The number of benzene rings is 1. The zero-order valence-electron chi connectivity index (χ0n) is 14.4. The van der Waals surface area contributed by atoms with Crippen LogP contribution in [0.1, 0.15) is 22.4 Å². The molecule has 0 N–H and O–H groups in total. The summed E-state index contributed by atoms with van der Waals surface area (Å²) >= 11 is 7.71. The van der Waals surface area contributed by atoms with Gasteiger partial charge in [-0.05, 0) is 30.3 Å². The minimum absolute atomic E-state index is 0.107. The fraction of sp³-hybridized carbons (Fsp3) is 0.150. The second-order valence-electron chi connectivity index (χ2n) is 5.88. The van der Waals surface area contributed by atoms with Gasteiger partial charge in [0.1, 0.15) is 16.9 Å². The molecule has 3 heterocycles. The zero-order valence-corrected chi connectivity index (χ0v) is 16.0. The van der Waals surface area contributed by atoms with Gasteiger partial charge >= 0.3 is 0 Å². The highest BCUT2D eigenvalue weighted by Crippen LogP contribution is 2.35. The molecule has 0 amide bonds. The highest BCUT2D eigenvalue weighted by Gasteiger charge is 2.24. The van der Waals surface area contributed by atoms with Crippen molar-refractivity contribution in [2.45, 2.75) is 6.29 Å². The van der Waals surface area contributed by atoms with E-state index >= 15 is 0 Å². The van der Waals surface area contributed by atoms with Gasteiger partial charge in [0.2, 0.25) is 0 Å². The van der Waals surface area contributed by atoms with E-state index in [0.717, 1.165) is 11.3 Å². The predicted octanol–water partition coefficient (Wildman–Crippen LogP) is 5.11. The van der Waals surface area contributed by atoms with Crippen LogP contribution in [0.2, 0.25) is 5.02 Å². The maximum Gasteiger partial charge on any atom is 0.185 e. The molecule has 0 aliphatic carbocycles. The summed E-state index contributed by atoms with van der Waals surface area (Å²) in [5.41, 5.74) is 2.46. The lowest BCUT2D eigenvalue weighted by atomic mass is 10.1. The molecule has 5 nitrogen and oxygen atoms in total. The van der Waals surface area contributed by atoms with Gasteiger partial charge in [0.15, 0.2) is 6.29 Å². The van der Waals surface area contributed by atoms with Crippen molar-refractivity contribution in [3.05, 3.63) is 69.0 Å². The molecule has 0 atom stereocenters. The predicted molar refractivity (Wildman–Crippen MR) is 105 cm³/mol. The average molecular weight is 414 g/mol. The molecular weight excluding hydrogens is 401 g/mol. The average Bonchev–Trinajstić information content (AvgIpc) is 3.41. The van der Waals surface area contributed by atoms with E-state index in [9.17, 15) is 9.65 Å². The van der Waals surface area contributed by atoms with Gasteiger partial charge in [0.05, 0.1) is 29.5 Å². The Labute approximate surface area is 169 Å². The Bertz CT molecular complexity index is 1070. The Morgan fingerprint density at radius 1 is 1.25 bits per heavy atom. The van der Waals surface area contributed by atoms with Crippen molar-refractivity contribution in [1.29, 1.82) is 5.26 Å². The Hall–Kier alpha value is -2.63. The number of aromatic nitrogens is 2. The van der Waals surface area contributed by atoms with Gasteiger partial charge in [-0.1, -0.05) is 11.6 Å². The van der Waals surface area contributed by atoms with Gasteiger partial charge in [-0.2, -0.15) is 5.26 Å². The van der Waals surface area contributed by atoms with Gasteiger partial charge in [-0.3, -0.25) is 4.98 Å². The van der Waals surface area contributed by atoms with E-state index in [1.807, 2.05) is 17.5 Å². The van der Waals surface area contributed by atoms with Gasteiger partial charge < -0.3 is 9.47 Å². The molecule has 1 aliphatic heterocycles. The van der Waals surface area contributed by atoms with E-state index in [0.29, 0.717) is 23.8 Å². The molecule has 1 fully saturated rings. The van der Waals surface area contributed by atoms with Crippen LogP contribution < -0.4 is 0 Å². The van der Waals surface area contributed by atoms with Crippen molar-refractivity contribution in [2.24, 2.45) is 0 Å². The van der Waals surface area contributed by atoms with E-state index in [1.54, 1.807) is 12.4 Å². The van der Waals surface area contributed by atoms with Crippen molar-refractivity contribution in [1.82, 2.24) is 9.97 Å². The van der Waals surface area contributed by atoms with E-state index in [4.69, 9.17) is 21.1 Å². The molecule has 4 rings (SSSR count). The summed E-state index contributed by atoms with van der Waals surface area (Å²) in [5.74, 6) is -0.537. The van der Waals surface area contributed by atoms with E-state index in [1.165, 1.54) is 29.5 Å². The Morgan fingerprint density at radius 2 is 2.00 bits per heavy atom. The van der Waals surface area contributed by atoms with Crippen LogP contribution in [-0.2, 0) is 9.47 Å². The van der Waals surface area contributed by atoms with Gasteiger partial charge in [0, 0.05) is 34.5 Å². The van der Waals surface area contributed by atoms with Crippen molar-refractivity contribution in [3.8, 4) is 17.3 Å². The molecular formula is C20H13ClFN3O2S. The number of thiazole rings is 1. The monoisotopic (exact) mass is 413 g/mol. The Balaban J connectivity index is 1.72.